The second kappa shape index (κ2) is 4.84. The highest BCUT2D eigenvalue weighted by Gasteiger charge is 2.28. The summed E-state index contributed by atoms with van der Waals surface area (Å²) in [5.74, 6) is 0.163. The molecular formula is C16H14N4O2. The van der Waals surface area contributed by atoms with Crippen LogP contribution in [0.5, 0.6) is 5.88 Å². The van der Waals surface area contributed by atoms with Gasteiger partial charge in [0.05, 0.1) is 6.54 Å². The molecule has 0 bridgehead atoms. The lowest BCUT2D eigenvalue weighted by atomic mass is 10.1. The number of hydrogen-bond donors (Lipinski definition) is 1. The summed E-state index contributed by atoms with van der Waals surface area (Å²) in [6.45, 7) is 0.805. The number of rotatable bonds is 1. The molecule has 0 atom stereocenters. The van der Waals surface area contributed by atoms with E-state index in [0.717, 1.165) is 17.7 Å². The number of aromatic nitrogens is 2. The van der Waals surface area contributed by atoms with E-state index in [1.54, 1.807) is 4.90 Å². The molecule has 0 unspecified atom stereocenters. The van der Waals surface area contributed by atoms with Crippen LogP contribution in [0.1, 0.15) is 21.5 Å². The van der Waals surface area contributed by atoms with Gasteiger partial charge in [-0.15, -0.1) is 0 Å². The fraction of sp³-hybridized carbons (Fsp3) is 0.188. The molecule has 0 spiro atoms. The summed E-state index contributed by atoms with van der Waals surface area (Å²) < 4.78 is 5.54. The Morgan fingerprint density at radius 3 is 3.09 bits per heavy atom. The normalized spacial score (nSPS) is 16.0. The topological polar surface area (TPSA) is 81.3 Å². The number of fused-ring (bicyclic) bond motifs is 2. The zero-order valence-corrected chi connectivity index (χ0v) is 11.8. The first-order valence-corrected chi connectivity index (χ1v) is 7.08. The lowest BCUT2D eigenvalue weighted by molar-refractivity contribution is 0.0990. The summed E-state index contributed by atoms with van der Waals surface area (Å²) in [6, 6.07) is 6.02. The van der Waals surface area contributed by atoms with Crippen LogP contribution in [-0.4, -0.2) is 29.0 Å². The Labute approximate surface area is 127 Å². The molecular weight excluding hydrogens is 280 g/mol. The summed E-state index contributed by atoms with van der Waals surface area (Å²) in [7, 11) is 0. The lowest BCUT2D eigenvalue weighted by Crippen LogP contribution is -2.32. The summed E-state index contributed by atoms with van der Waals surface area (Å²) in [5.41, 5.74) is 9.32. The van der Waals surface area contributed by atoms with Gasteiger partial charge in [0.2, 0.25) is 5.88 Å². The van der Waals surface area contributed by atoms with E-state index in [0.29, 0.717) is 13.2 Å². The van der Waals surface area contributed by atoms with Gasteiger partial charge in [0.15, 0.2) is 0 Å². The number of carbonyl (C=O) groups excluding carboxylic acids is 1. The number of nitrogens with two attached hydrogens (primary N) is 1. The summed E-state index contributed by atoms with van der Waals surface area (Å²) in [6.07, 6.45) is 6.43. The third-order valence-electron chi connectivity index (χ3n) is 3.93. The SMILES string of the molecule is Nc1ncnc2c1C(=O)N(c1ccc3c(c1)C=CC3)CCO2. The fourth-order valence-corrected chi connectivity index (χ4v) is 2.81. The highest BCUT2D eigenvalue weighted by molar-refractivity contribution is 6.10. The molecule has 1 aromatic carbocycles. The highest BCUT2D eigenvalue weighted by atomic mass is 16.5. The predicted molar refractivity (Wildman–Crippen MR) is 82.8 cm³/mol. The first kappa shape index (κ1) is 12.8. The molecule has 110 valence electrons. The van der Waals surface area contributed by atoms with Gasteiger partial charge >= 0.3 is 0 Å². The van der Waals surface area contributed by atoms with Crippen LogP contribution in [-0.2, 0) is 6.42 Å². The van der Waals surface area contributed by atoms with Crippen LogP contribution >= 0.6 is 0 Å². The van der Waals surface area contributed by atoms with Crippen LogP contribution in [0, 0.1) is 0 Å². The second-order valence-corrected chi connectivity index (χ2v) is 5.23. The number of allylic oxidation sites excluding steroid dienone is 1. The van der Waals surface area contributed by atoms with Crippen LogP contribution in [0.3, 0.4) is 0 Å². The van der Waals surface area contributed by atoms with E-state index >= 15 is 0 Å². The Kier molecular flexibility index (Phi) is 2.82. The Bertz CT molecular complexity index is 801. The minimum atomic E-state index is -0.229. The minimum Gasteiger partial charge on any atom is -0.475 e. The number of nitrogen functional groups attached to an aromatic ring is 1. The monoisotopic (exact) mass is 294 g/mol. The van der Waals surface area contributed by atoms with Crippen molar-refractivity contribution in [3.63, 3.8) is 0 Å². The molecule has 0 radical (unpaired) electrons. The van der Waals surface area contributed by atoms with Gasteiger partial charge in [0.1, 0.15) is 24.3 Å². The van der Waals surface area contributed by atoms with E-state index in [-0.39, 0.29) is 23.2 Å². The zero-order chi connectivity index (χ0) is 15.1. The summed E-state index contributed by atoms with van der Waals surface area (Å²) >= 11 is 0. The van der Waals surface area contributed by atoms with Gasteiger partial charge in [-0.25, -0.2) is 9.97 Å². The van der Waals surface area contributed by atoms with Crippen molar-refractivity contribution in [2.75, 3.05) is 23.8 Å². The van der Waals surface area contributed by atoms with E-state index in [9.17, 15) is 4.79 Å². The fourth-order valence-electron chi connectivity index (χ4n) is 2.81. The number of anilines is 2. The Morgan fingerprint density at radius 1 is 1.27 bits per heavy atom. The van der Waals surface area contributed by atoms with Crippen molar-refractivity contribution in [2.24, 2.45) is 0 Å². The van der Waals surface area contributed by atoms with E-state index in [2.05, 4.69) is 28.2 Å². The van der Waals surface area contributed by atoms with Crippen molar-refractivity contribution in [2.45, 2.75) is 6.42 Å². The molecule has 1 amide bonds. The van der Waals surface area contributed by atoms with Gasteiger partial charge in [0.25, 0.3) is 5.91 Å². The molecule has 2 aliphatic rings. The van der Waals surface area contributed by atoms with Gasteiger partial charge in [0, 0.05) is 5.69 Å². The smallest absolute Gasteiger partial charge is 0.267 e. The van der Waals surface area contributed by atoms with E-state index < -0.39 is 0 Å². The van der Waals surface area contributed by atoms with E-state index in [4.69, 9.17) is 10.5 Å². The van der Waals surface area contributed by atoms with Crippen LogP contribution in [0.2, 0.25) is 0 Å². The van der Waals surface area contributed by atoms with Crippen molar-refractivity contribution in [3.05, 3.63) is 47.3 Å². The molecule has 0 fully saturated rings. The quantitative estimate of drug-likeness (QED) is 0.865. The summed E-state index contributed by atoms with van der Waals surface area (Å²) in [5, 5.41) is 0. The van der Waals surface area contributed by atoms with Crippen LogP contribution < -0.4 is 15.4 Å². The average Bonchev–Trinajstić information content (AvgIpc) is 2.91. The van der Waals surface area contributed by atoms with Crippen molar-refractivity contribution in [1.29, 1.82) is 0 Å². The van der Waals surface area contributed by atoms with Crippen molar-refractivity contribution < 1.29 is 9.53 Å². The third-order valence-corrected chi connectivity index (χ3v) is 3.93. The van der Waals surface area contributed by atoms with E-state index in [1.807, 2.05) is 12.1 Å². The molecule has 1 aliphatic carbocycles. The lowest BCUT2D eigenvalue weighted by Gasteiger charge is -2.21. The van der Waals surface area contributed by atoms with Gasteiger partial charge in [-0.2, -0.15) is 0 Å². The van der Waals surface area contributed by atoms with Gasteiger partial charge in [-0.05, 0) is 29.7 Å². The molecule has 2 aromatic rings. The number of ether oxygens (including phenoxy) is 1. The van der Waals surface area contributed by atoms with Crippen LogP contribution in [0.4, 0.5) is 11.5 Å². The predicted octanol–water partition coefficient (Wildman–Crippen LogP) is 1.67. The minimum absolute atomic E-state index is 0.142. The maximum Gasteiger partial charge on any atom is 0.267 e. The molecule has 6 nitrogen and oxygen atoms in total. The van der Waals surface area contributed by atoms with Crippen LogP contribution in [0.25, 0.3) is 6.08 Å². The maximum absolute atomic E-state index is 12.8. The maximum atomic E-state index is 12.8. The molecule has 2 heterocycles. The number of hydrogen-bond acceptors (Lipinski definition) is 5. The second-order valence-electron chi connectivity index (χ2n) is 5.23. The van der Waals surface area contributed by atoms with Gasteiger partial charge in [-0.3, -0.25) is 4.79 Å². The van der Waals surface area contributed by atoms with Crippen LogP contribution in [0.15, 0.2) is 30.6 Å². The number of benzene rings is 1. The van der Waals surface area contributed by atoms with Gasteiger partial charge in [-0.1, -0.05) is 18.2 Å². The zero-order valence-electron chi connectivity index (χ0n) is 11.8. The first-order valence-electron chi connectivity index (χ1n) is 7.08. The third kappa shape index (κ3) is 1.92. The molecule has 22 heavy (non-hydrogen) atoms. The van der Waals surface area contributed by atoms with Gasteiger partial charge < -0.3 is 15.4 Å². The first-order chi connectivity index (χ1) is 10.7. The molecule has 4 rings (SSSR count). The molecule has 6 heteroatoms. The Hall–Kier alpha value is -2.89. The largest absolute Gasteiger partial charge is 0.475 e. The Morgan fingerprint density at radius 2 is 2.18 bits per heavy atom. The van der Waals surface area contributed by atoms with Crippen molar-refractivity contribution in [1.82, 2.24) is 9.97 Å². The average molecular weight is 294 g/mol. The standard InChI is InChI=1S/C16H14N4O2/c17-14-13-15(19-9-18-14)22-7-6-20(16(13)21)12-5-4-10-2-1-3-11(10)8-12/h1,3-5,8-9H,2,6-7H2,(H2,17,18,19). The molecule has 2 N–H and O–H groups in total. The number of amides is 1. The molecule has 1 aliphatic heterocycles. The molecule has 1 aromatic heterocycles. The van der Waals surface area contributed by atoms with Crippen molar-refractivity contribution >= 4 is 23.5 Å². The molecule has 0 saturated heterocycles. The van der Waals surface area contributed by atoms with Crippen molar-refractivity contribution in [3.8, 4) is 5.88 Å². The van der Waals surface area contributed by atoms with E-state index in [1.165, 1.54) is 11.9 Å². The highest BCUT2D eigenvalue weighted by Crippen LogP contribution is 2.30. The number of carbonyl (C=O) groups is 1. The number of nitrogens with zero attached hydrogens (tertiary/aromatic N) is 3. The summed E-state index contributed by atoms with van der Waals surface area (Å²) in [4.78, 5) is 22.4. The molecule has 0 saturated carbocycles. The Balaban J connectivity index is 1.78.